The van der Waals surface area contributed by atoms with E-state index in [0.717, 1.165) is 24.2 Å². The van der Waals surface area contributed by atoms with Gasteiger partial charge in [-0.2, -0.15) is 5.10 Å². The molecule has 0 aromatic carbocycles. The van der Waals surface area contributed by atoms with Crippen molar-refractivity contribution >= 4 is 11.9 Å². The summed E-state index contributed by atoms with van der Waals surface area (Å²) in [5.74, 6) is -0.108. The molecule has 1 saturated carbocycles. The fourth-order valence-corrected chi connectivity index (χ4v) is 2.60. The van der Waals surface area contributed by atoms with Gasteiger partial charge >= 0.3 is 6.03 Å². The van der Waals surface area contributed by atoms with Gasteiger partial charge in [-0.1, -0.05) is 6.92 Å². The van der Waals surface area contributed by atoms with Crippen LogP contribution in [-0.2, 0) is 18.4 Å². The maximum Gasteiger partial charge on any atom is 0.325 e. The molecule has 1 aliphatic heterocycles. The Bertz CT molecular complexity index is 559. The van der Waals surface area contributed by atoms with E-state index in [2.05, 4.69) is 10.4 Å². The zero-order valence-electron chi connectivity index (χ0n) is 11.4. The van der Waals surface area contributed by atoms with Gasteiger partial charge < -0.3 is 5.32 Å². The van der Waals surface area contributed by atoms with E-state index in [-0.39, 0.29) is 29.9 Å². The van der Waals surface area contributed by atoms with Crippen molar-refractivity contribution in [2.24, 2.45) is 12.5 Å². The molecule has 19 heavy (non-hydrogen) atoms. The number of amides is 3. The predicted octanol–water partition coefficient (Wildman–Crippen LogP) is 0.949. The number of hydrogen-bond acceptors (Lipinski definition) is 3. The van der Waals surface area contributed by atoms with E-state index in [1.165, 1.54) is 4.90 Å². The van der Waals surface area contributed by atoms with E-state index in [1.54, 1.807) is 4.68 Å². The summed E-state index contributed by atoms with van der Waals surface area (Å²) in [6.07, 6.45) is 2.00. The largest absolute Gasteiger partial charge is 0.325 e. The number of rotatable bonds is 3. The molecule has 102 valence electrons. The smallest absolute Gasteiger partial charge is 0.325 e. The summed E-state index contributed by atoms with van der Waals surface area (Å²) in [7, 11) is 1.82. The van der Waals surface area contributed by atoms with Crippen molar-refractivity contribution in [3.63, 3.8) is 0 Å². The van der Waals surface area contributed by atoms with Crippen LogP contribution in [0.5, 0.6) is 0 Å². The lowest BCUT2D eigenvalue weighted by Gasteiger charge is -2.16. The average Bonchev–Trinajstić information content (AvgIpc) is 2.91. The maximum absolute atomic E-state index is 12.3. The number of carbonyl (C=O) groups is 2. The maximum atomic E-state index is 12.3. The monoisotopic (exact) mass is 262 g/mol. The molecule has 6 nitrogen and oxygen atoms in total. The predicted molar refractivity (Wildman–Crippen MR) is 68.2 cm³/mol. The Morgan fingerprint density at radius 3 is 2.68 bits per heavy atom. The number of imide groups is 1. The summed E-state index contributed by atoms with van der Waals surface area (Å²) in [6, 6.07) is 1.25. The van der Waals surface area contributed by atoms with Crippen LogP contribution in [0.15, 0.2) is 6.07 Å². The van der Waals surface area contributed by atoms with Gasteiger partial charge in [-0.05, 0) is 31.2 Å². The second-order valence-corrected chi connectivity index (χ2v) is 5.86. The van der Waals surface area contributed by atoms with Gasteiger partial charge in [0.05, 0.1) is 17.9 Å². The van der Waals surface area contributed by atoms with E-state index in [0.29, 0.717) is 0 Å². The molecule has 0 spiro atoms. The van der Waals surface area contributed by atoms with Gasteiger partial charge in [-0.15, -0.1) is 0 Å². The van der Waals surface area contributed by atoms with E-state index < -0.39 is 0 Å². The summed E-state index contributed by atoms with van der Waals surface area (Å²) in [5, 5.41) is 7.04. The van der Waals surface area contributed by atoms with Gasteiger partial charge in [0.25, 0.3) is 5.91 Å². The molecule has 1 aromatic heterocycles. The molecule has 1 aromatic rings. The summed E-state index contributed by atoms with van der Waals surface area (Å²) >= 11 is 0. The first kappa shape index (κ1) is 12.2. The Morgan fingerprint density at radius 1 is 1.47 bits per heavy atom. The van der Waals surface area contributed by atoms with E-state index in [4.69, 9.17) is 0 Å². The van der Waals surface area contributed by atoms with Gasteiger partial charge in [0.15, 0.2) is 0 Å². The summed E-state index contributed by atoms with van der Waals surface area (Å²) in [6.45, 7) is 4.23. The molecule has 6 heteroatoms. The molecule has 1 aliphatic carbocycles. The number of carbonyl (C=O) groups excluding carboxylic acids is 2. The van der Waals surface area contributed by atoms with E-state index >= 15 is 0 Å². The topological polar surface area (TPSA) is 67.2 Å². The quantitative estimate of drug-likeness (QED) is 0.825. The minimum absolute atomic E-state index is 0.0378. The molecule has 2 fully saturated rings. The Hall–Kier alpha value is -1.85. The SMILES string of the molecule is Cc1cc(CN2C(=O)NC(C3(C)CC3)C2=O)n(C)n1. The average molecular weight is 262 g/mol. The molecular weight excluding hydrogens is 244 g/mol. The molecule has 1 unspecified atom stereocenters. The standard InChI is InChI=1S/C13H18N4O2/c1-8-6-9(16(3)15-8)7-17-11(18)10(14-12(17)19)13(2)4-5-13/h6,10H,4-5,7H2,1-3H3,(H,14,19). The second kappa shape index (κ2) is 3.82. The van der Waals surface area contributed by atoms with Gasteiger partial charge in [-0.25, -0.2) is 4.79 Å². The summed E-state index contributed by atoms with van der Waals surface area (Å²) in [4.78, 5) is 25.6. The van der Waals surface area contributed by atoms with Crippen molar-refractivity contribution in [3.05, 3.63) is 17.5 Å². The molecular formula is C13H18N4O2. The third-order valence-electron chi connectivity index (χ3n) is 4.18. The van der Waals surface area contributed by atoms with Crippen molar-refractivity contribution in [2.75, 3.05) is 0 Å². The number of hydrogen-bond donors (Lipinski definition) is 1. The van der Waals surface area contributed by atoms with Crippen LogP contribution >= 0.6 is 0 Å². The Balaban J connectivity index is 1.80. The molecule has 0 radical (unpaired) electrons. The molecule has 0 bridgehead atoms. The lowest BCUT2D eigenvalue weighted by Crippen LogP contribution is -2.37. The van der Waals surface area contributed by atoms with Crippen LogP contribution in [0.25, 0.3) is 0 Å². The number of aromatic nitrogens is 2. The number of nitrogens with one attached hydrogen (secondary N) is 1. The first-order chi connectivity index (χ1) is 8.90. The van der Waals surface area contributed by atoms with Crippen molar-refractivity contribution < 1.29 is 9.59 Å². The van der Waals surface area contributed by atoms with Gasteiger partial charge in [0.1, 0.15) is 6.04 Å². The number of urea groups is 1. The van der Waals surface area contributed by atoms with Crippen LogP contribution in [0.2, 0.25) is 0 Å². The van der Waals surface area contributed by atoms with E-state index in [1.807, 2.05) is 27.0 Å². The van der Waals surface area contributed by atoms with Crippen LogP contribution in [0, 0.1) is 12.3 Å². The minimum atomic E-state index is -0.352. The van der Waals surface area contributed by atoms with Crippen LogP contribution in [-0.4, -0.2) is 32.7 Å². The molecule has 1 saturated heterocycles. The van der Waals surface area contributed by atoms with Crippen LogP contribution in [0.4, 0.5) is 4.79 Å². The fraction of sp³-hybridized carbons (Fsp3) is 0.615. The van der Waals surface area contributed by atoms with Gasteiger partial charge in [0, 0.05) is 7.05 Å². The number of aryl methyl sites for hydroxylation is 2. The second-order valence-electron chi connectivity index (χ2n) is 5.86. The first-order valence-corrected chi connectivity index (χ1v) is 6.52. The molecule has 1 N–H and O–H groups in total. The van der Waals surface area contributed by atoms with Gasteiger partial charge in [0.2, 0.25) is 0 Å². The van der Waals surface area contributed by atoms with Crippen LogP contribution in [0.1, 0.15) is 31.2 Å². The Morgan fingerprint density at radius 2 is 2.16 bits per heavy atom. The first-order valence-electron chi connectivity index (χ1n) is 6.52. The summed E-state index contributed by atoms with van der Waals surface area (Å²) in [5.41, 5.74) is 1.71. The van der Waals surface area contributed by atoms with E-state index in [9.17, 15) is 9.59 Å². The van der Waals surface area contributed by atoms with Crippen molar-refractivity contribution in [2.45, 2.75) is 39.3 Å². The Kier molecular flexibility index (Phi) is 2.45. The Labute approximate surface area is 111 Å². The normalized spacial score (nSPS) is 24.8. The molecule has 2 heterocycles. The highest BCUT2D eigenvalue weighted by molar-refractivity contribution is 6.04. The van der Waals surface area contributed by atoms with Crippen LogP contribution in [0.3, 0.4) is 0 Å². The van der Waals surface area contributed by atoms with Crippen LogP contribution < -0.4 is 5.32 Å². The molecule has 2 aliphatic rings. The minimum Gasteiger partial charge on any atom is -0.325 e. The highest BCUT2D eigenvalue weighted by Crippen LogP contribution is 2.49. The fourth-order valence-electron chi connectivity index (χ4n) is 2.60. The zero-order chi connectivity index (χ0) is 13.8. The molecule has 3 rings (SSSR count). The lowest BCUT2D eigenvalue weighted by atomic mass is 9.99. The van der Waals surface area contributed by atoms with Gasteiger partial charge in [-0.3, -0.25) is 14.4 Å². The third kappa shape index (κ3) is 1.91. The molecule has 1 atom stereocenters. The lowest BCUT2D eigenvalue weighted by molar-refractivity contribution is -0.129. The third-order valence-corrected chi connectivity index (χ3v) is 4.18. The molecule has 3 amide bonds. The zero-order valence-corrected chi connectivity index (χ0v) is 11.4. The van der Waals surface area contributed by atoms with Crippen molar-refractivity contribution in [3.8, 4) is 0 Å². The van der Waals surface area contributed by atoms with Crippen molar-refractivity contribution in [1.82, 2.24) is 20.0 Å². The number of nitrogens with zero attached hydrogens (tertiary/aromatic N) is 3. The summed E-state index contributed by atoms with van der Waals surface area (Å²) < 4.78 is 1.71. The highest BCUT2D eigenvalue weighted by Gasteiger charge is 2.54. The van der Waals surface area contributed by atoms with Crippen molar-refractivity contribution in [1.29, 1.82) is 0 Å². The highest BCUT2D eigenvalue weighted by atomic mass is 16.2.